The molecule has 1 aromatic carbocycles. The molecule has 0 saturated carbocycles. The zero-order valence-corrected chi connectivity index (χ0v) is 10.1. The molecule has 0 aliphatic heterocycles. The minimum Gasteiger partial charge on any atom is -0.313 e. The number of aromatic nitrogens is 2. The summed E-state index contributed by atoms with van der Waals surface area (Å²) < 4.78 is 14.7. The summed E-state index contributed by atoms with van der Waals surface area (Å²) in [5.41, 5.74) is 2.98. The van der Waals surface area contributed by atoms with Crippen molar-refractivity contribution in [3.63, 3.8) is 0 Å². The standard InChI is InChI=1S/C13H16FN3/c1-3-15-8-11-9-17(2)16-13(11)10-4-6-12(14)7-5-10/h4-7,9,15H,3,8H2,1-2H3. The molecule has 1 aromatic heterocycles. The first kappa shape index (κ1) is 11.8. The number of aryl methyl sites for hydroxylation is 1. The van der Waals surface area contributed by atoms with Crippen molar-refractivity contribution in [2.75, 3.05) is 6.54 Å². The predicted molar refractivity (Wildman–Crippen MR) is 66.0 cm³/mol. The number of benzene rings is 1. The van der Waals surface area contributed by atoms with Crippen LogP contribution in [0.15, 0.2) is 30.5 Å². The number of hydrogen-bond acceptors (Lipinski definition) is 2. The average molecular weight is 233 g/mol. The molecule has 0 amide bonds. The second-order valence-corrected chi connectivity index (χ2v) is 3.96. The first-order valence-electron chi connectivity index (χ1n) is 5.70. The highest BCUT2D eigenvalue weighted by atomic mass is 19.1. The van der Waals surface area contributed by atoms with Gasteiger partial charge < -0.3 is 5.32 Å². The Kier molecular flexibility index (Phi) is 3.54. The van der Waals surface area contributed by atoms with Gasteiger partial charge in [-0.3, -0.25) is 4.68 Å². The fourth-order valence-corrected chi connectivity index (χ4v) is 1.78. The van der Waals surface area contributed by atoms with E-state index in [4.69, 9.17) is 0 Å². The Morgan fingerprint density at radius 1 is 1.29 bits per heavy atom. The van der Waals surface area contributed by atoms with Gasteiger partial charge in [-0.05, 0) is 30.8 Å². The summed E-state index contributed by atoms with van der Waals surface area (Å²) in [6.45, 7) is 3.75. The van der Waals surface area contributed by atoms with Crippen LogP contribution in [0.1, 0.15) is 12.5 Å². The van der Waals surface area contributed by atoms with Crippen LogP contribution < -0.4 is 5.32 Å². The predicted octanol–water partition coefficient (Wildman–Crippen LogP) is 2.34. The molecule has 90 valence electrons. The third kappa shape index (κ3) is 2.71. The van der Waals surface area contributed by atoms with Gasteiger partial charge in [0, 0.05) is 30.9 Å². The fraction of sp³-hybridized carbons (Fsp3) is 0.308. The normalized spacial score (nSPS) is 10.8. The van der Waals surface area contributed by atoms with Gasteiger partial charge in [-0.2, -0.15) is 5.10 Å². The minimum atomic E-state index is -0.224. The molecule has 17 heavy (non-hydrogen) atoms. The summed E-state index contributed by atoms with van der Waals surface area (Å²) in [4.78, 5) is 0. The van der Waals surface area contributed by atoms with E-state index < -0.39 is 0 Å². The maximum absolute atomic E-state index is 12.9. The number of rotatable bonds is 4. The van der Waals surface area contributed by atoms with Crippen molar-refractivity contribution in [2.45, 2.75) is 13.5 Å². The van der Waals surface area contributed by atoms with Crippen LogP contribution in [0.5, 0.6) is 0 Å². The monoisotopic (exact) mass is 233 g/mol. The SMILES string of the molecule is CCNCc1cn(C)nc1-c1ccc(F)cc1. The number of halogens is 1. The molecule has 0 fully saturated rings. The molecule has 2 aromatic rings. The zero-order chi connectivity index (χ0) is 12.3. The van der Waals surface area contributed by atoms with Gasteiger partial charge in [0.05, 0.1) is 5.69 Å². The van der Waals surface area contributed by atoms with Crippen LogP contribution in [0.3, 0.4) is 0 Å². The summed E-state index contributed by atoms with van der Waals surface area (Å²) in [5, 5.41) is 7.69. The van der Waals surface area contributed by atoms with Crippen molar-refractivity contribution < 1.29 is 4.39 Å². The van der Waals surface area contributed by atoms with Crippen LogP contribution in [-0.4, -0.2) is 16.3 Å². The van der Waals surface area contributed by atoms with Crippen LogP contribution in [0.4, 0.5) is 4.39 Å². The minimum absolute atomic E-state index is 0.224. The van der Waals surface area contributed by atoms with E-state index >= 15 is 0 Å². The first-order chi connectivity index (χ1) is 8.20. The van der Waals surface area contributed by atoms with Crippen LogP contribution >= 0.6 is 0 Å². The van der Waals surface area contributed by atoms with Crippen molar-refractivity contribution >= 4 is 0 Å². The van der Waals surface area contributed by atoms with E-state index in [9.17, 15) is 4.39 Å². The Morgan fingerprint density at radius 2 is 2.00 bits per heavy atom. The summed E-state index contributed by atoms with van der Waals surface area (Å²) in [6, 6.07) is 6.43. The van der Waals surface area contributed by atoms with Gasteiger partial charge in [-0.25, -0.2) is 4.39 Å². The quantitative estimate of drug-likeness (QED) is 0.878. The van der Waals surface area contributed by atoms with E-state index in [0.717, 1.165) is 29.9 Å². The molecule has 4 heteroatoms. The van der Waals surface area contributed by atoms with Crippen molar-refractivity contribution in [1.82, 2.24) is 15.1 Å². The summed E-state index contributed by atoms with van der Waals surface area (Å²) in [6.07, 6.45) is 1.99. The van der Waals surface area contributed by atoms with Gasteiger partial charge in [0.2, 0.25) is 0 Å². The summed E-state index contributed by atoms with van der Waals surface area (Å²) in [5.74, 6) is -0.224. The lowest BCUT2D eigenvalue weighted by atomic mass is 10.1. The molecule has 0 aliphatic rings. The molecular weight excluding hydrogens is 217 g/mol. The molecular formula is C13H16FN3. The van der Waals surface area contributed by atoms with Crippen LogP contribution in [0, 0.1) is 5.82 Å². The van der Waals surface area contributed by atoms with Gasteiger partial charge in [-0.15, -0.1) is 0 Å². The van der Waals surface area contributed by atoms with Gasteiger partial charge in [0.1, 0.15) is 5.82 Å². The molecule has 1 heterocycles. The van der Waals surface area contributed by atoms with E-state index in [0.29, 0.717) is 0 Å². The second kappa shape index (κ2) is 5.10. The lowest BCUT2D eigenvalue weighted by molar-refractivity contribution is 0.628. The summed E-state index contributed by atoms with van der Waals surface area (Å²) >= 11 is 0. The van der Waals surface area contributed by atoms with Gasteiger partial charge in [-0.1, -0.05) is 6.92 Å². The molecule has 0 bridgehead atoms. The number of nitrogens with zero attached hydrogens (tertiary/aromatic N) is 2. The Hall–Kier alpha value is -1.68. The van der Waals surface area contributed by atoms with Crippen LogP contribution in [-0.2, 0) is 13.6 Å². The van der Waals surface area contributed by atoms with Gasteiger partial charge in [0.15, 0.2) is 0 Å². The molecule has 3 nitrogen and oxygen atoms in total. The molecule has 0 spiro atoms. The van der Waals surface area contributed by atoms with Crippen LogP contribution in [0.2, 0.25) is 0 Å². The molecule has 0 unspecified atom stereocenters. The van der Waals surface area contributed by atoms with E-state index in [1.54, 1.807) is 16.8 Å². The first-order valence-corrected chi connectivity index (χ1v) is 5.70. The van der Waals surface area contributed by atoms with Crippen LogP contribution in [0.25, 0.3) is 11.3 Å². The molecule has 0 atom stereocenters. The lowest BCUT2D eigenvalue weighted by Crippen LogP contribution is -2.11. The Bertz CT molecular complexity index is 488. The van der Waals surface area contributed by atoms with Crippen molar-refractivity contribution in [1.29, 1.82) is 0 Å². The lowest BCUT2D eigenvalue weighted by Gasteiger charge is -2.02. The topological polar surface area (TPSA) is 29.9 Å². The third-order valence-electron chi connectivity index (χ3n) is 2.59. The van der Waals surface area contributed by atoms with Crippen molar-refractivity contribution in [2.24, 2.45) is 7.05 Å². The van der Waals surface area contributed by atoms with E-state index in [1.165, 1.54) is 12.1 Å². The molecule has 2 rings (SSSR count). The zero-order valence-electron chi connectivity index (χ0n) is 10.1. The summed E-state index contributed by atoms with van der Waals surface area (Å²) in [7, 11) is 1.89. The molecule has 1 N–H and O–H groups in total. The maximum Gasteiger partial charge on any atom is 0.123 e. The van der Waals surface area contributed by atoms with E-state index in [-0.39, 0.29) is 5.82 Å². The average Bonchev–Trinajstić information content (AvgIpc) is 2.69. The molecule has 0 saturated heterocycles. The largest absolute Gasteiger partial charge is 0.313 e. The maximum atomic E-state index is 12.9. The fourth-order valence-electron chi connectivity index (χ4n) is 1.78. The Morgan fingerprint density at radius 3 is 2.65 bits per heavy atom. The van der Waals surface area contributed by atoms with Gasteiger partial charge >= 0.3 is 0 Å². The highest BCUT2D eigenvalue weighted by Gasteiger charge is 2.09. The molecule has 0 radical (unpaired) electrons. The third-order valence-corrected chi connectivity index (χ3v) is 2.59. The highest BCUT2D eigenvalue weighted by molar-refractivity contribution is 5.62. The Labute approximate surface area is 100 Å². The van der Waals surface area contributed by atoms with Gasteiger partial charge in [0.25, 0.3) is 0 Å². The second-order valence-electron chi connectivity index (χ2n) is 3.96. The van der Waals surface area contributed by atoms with Crippen molar-refractivity contribution in [3.8, 4) is 11.3 Å². The number of hydrogen-bond donors (Lipinski definition) is 1. The smallest absolute Gasteiger partial charge is 0.123 e. The molecule has 0 aliphatic carbocycles. The number of nitrogens with one attached hydrogen (secondary N) is 1. The highest BCUT2D eigenvalue weighted by Crippen LogP contribution is 2.21. The van der Waals surface area contributed by atoms with Crippen molar-refractivity contribution in [3.05, 3.63) is 41.8 Å². The van der Waals surface area contributed by atoms with E-state index in [2.05, 4.69) is 17.3 Å². The van der Waals surface area contributed by atoms with E-state index in [1.807, 2.05) is 13.2 Å². The Balaban J connectivity index is 2.33.